The van der Waals surface area contributed by atoms with Crippen molar-refractivity contribution in [2.24, 2.45) is 10.9 Å². The van der Waals surface area contributed by atoms with Crippen molar-refractivity contribution in [2.45, 2.75) is 12.3 Å². The van der Waals surface area contributed by atoms with Crippen LogP contribution in [0.5, 0.6) is 0 Å². The molecule has 0 spiro atoms. The molecule has 1 atom stereocenters. The van der Waals surface area contributed by atoms with Gasteiger partial charge in [0, 0.05) is 13.1 Å². The number of nitrogens with zero attached hydrogens (tertiary/aromatic N) is 2. The maximum atomic E-state index is 12.0. The monoisotopic (exact) mass is 306 g/mol. The molecule has 4 N–H and O–H groups in total. The second-order valence-corrected chi connectivity index (χ2v) is 5.44. The highest BCUT2D eigenvalue weighted by Gasteiger charge is 2.35. The van der Waals surface area contributed by atoms with Crippen LogP contribution in [0.4, 0.5) is 13.2 Å². The Morgan fingerprint density at radius 3 is 2.74 bits per heavy atom. The number of nitrogens with two attached hydrogens (primary N) is 1. The third-order valence-electron chi connectivity index (χ3n) is 2.27. The van der Waals surface area contributed by atoms with E-state index in [1.807, 2.05) is 0 Å². The minimum Gasteiger partial charge on any atom is -0.409 e. The molecule has 1 rings (SSSR count). The molecule has 0 aromatic rings. The zero-order valence-corrected chi connectivity index (χ0v) is 10.4. The van der Waals surface area contributed by atoms with Gasteiger partial charge in [0.2, 0.25) is 0 Å². The summed E-state index contributed by atoms with van der Waals surface area (Å²) in [6.45, 7) is -2.19. The van der Waals surface area contributed by atoms with Crippen LogP contribution in [-0.4, -0.2) is 62.3 Å². The third-order valence-corrected chi connectivity index (χ3v) is 3.79. The van der Waals surface area contributed by atoms with Crippen molar-refractivity contribution in [2.75, 3.05) is 26.2 Å². The fourth-order valence-electron chi connectivity index (χ4n) is 1.35. The van der Waals surface area contributed by atoms with Crippen LogP contribution < -0.4 is 10.5 Å². The fraction of sp³-hybridized carbons (Fsp3) is 0.857. The van der Waals surface area contributed by atoms with E-state index >= 15 is 0 Å². The number of alkyl halides is 3. The van der Waals surface area contributed by atoms with Crippen LogP contribution in [0.3, 0.4) is 0 Å². The Morgan fingerprint density at radius 1 is 1.58 bits per heavy atom. The smallest absolute Gasteiger partial charge is 0.402 e. The molecule has 0 aromatic heterocycles. The number of rotatable bonds is 4. The normalized spacial score (nSPS) is 23.5. The lowest BCUT2D eigenvalue weighted by Gasteiger charge is -2.31. The summed E-state index contributed by atoms with van der Waals surface area (Å²) in [4.78, 5) is 0. The first-order chi connectivity index (χ1) is 8.65. The first-order valence-corrected chi connectivity index (χ1v) is 6.50. The molecule has 1 heterocycles. The number of ether oxygens (including phenoxy) is 1. The zero-order valence-electron chi connectivity index (χ0n) is 9.59. The van der Waals surface area contributed by atoms with Gasteiger partial charge >= 0.3 is 6.18 Å². The van der Waals surface area contributed by atoms with Crippen molar-refractivity contribution in [3.05, 3.63) is 0 Å². The van der Waals surface area contributed by atoms with E-state index in [1.165, 1.54) is 4.72 Å². The molecule has 0 bridgehead atoms. The van der Waals surface area contributed by atoms with Crippen molar-refractivity contribution in [1.29, 1.82) is 0 Å². The van der Waals surface area contributed by atoms with Gasteiger partial charge in [0.25, 0.3) is 10.2 Å². The molecule has 1 aliphatic rings. The predicted octanol–water partition coefficient (Wildman–Crippen LogP) is -1.17. The Balaban J connectivity index is 2.68. The minimum atomic E-state index is -4.65. The lowest BCUT2D eigenvalue weighted by molar-refractivity contribution is -0.121. The number of hydrogen-bond acceptors (Lipinski definition) is 5. The molecule has 8 nitrogen and oxygen atoms in total. The van der Waals surface area contributed by atoms with Crippen molar-refractivity contribution < 1.29 is 31.5 Å². The van der Waals surface area contributed by atoms with Gasteiger partial charge in [-0.15, -0.1) is 0 Å². The topological polar surface area (TPSA) is 117 Å². The van der Waals surface area contributed by atoms with Gasteiger partial charge in [-0.3, -0.25) is 0 Å². The first kappa shape index (κ1) is 15.9. The van der Waals surface area contributed by atoms with Gasteiger partial charge in [-0.2, -0.15) is 30.6 Å². The van der Waals surface area contributed by atoms with Gasteiger partial charge in [-0.1, -0.05) is 5.16 Å². The van der Waals surface area contributed by atoms with Crippen LogP contribution in [0.25, 0.3) is 0 Å². The molecule has 12 heteroatoms. The van der Waals surface area contributed by atoms with Gasteiger partial charge < -0.3 is 15.7 Å². The predicted molar refractivity (Wildman–Crippen MR) is 57.7 cm³/mol. The van der Waals surface area contributed by atoms with E-state index < -0.39 is 29.0 Å². The average molecular weight is 306 g/mol. The second kappa shape index (κ2) is 5.90. The molecular formula is C7H13F3N4O4S. The first-order valence-electron chi connectivity index (χ1n) is 5.06. The van der Waals surface area contributed by atoms with E-state index in [0.717, 1.165) is 4.31 Å². The number of hydrogen-bond donors (Lipinski definition) is 3. The molecule has 0 aliphatic carbocycles. The summed E-state index contributed by atoms with van der Waals surface area (Å²) in [6.07, 6.45) is -5.65. The summed E-state index contributed by atoms with van der Waals surface area (Å²) in [5.74, 6) is -0.351. The molecule has 1 aliphatic heterocycles. The summed E-state index contributed by atoms with van der Waals surface area (Å²) >= 11 is 0. The maximum absolute atomic E-state index is 12.0. The van der Waals surface area contributed by atoms with E-state index in [0.29, 0.717) is 0 Å². The Morgan fingerprint density at radius 2 is 2.21 bits per heavy atom. The number of morpholine rings is 1. The Labute approximate surface area is 107 Å². The van der Waals surface area contributed by atoms with Gasteiger partial charge in [-0.25, -0.2) is 0 Å². The maximum Gasteiger partial charge on any atom is 0.402 e. The van der Waals surface area contributed by atoms with Crippen LogP contribution in [0.2, 0.25) is 0 Å². The molecule has 1 fully saturated rings. The van der Waals surface area contributed by atoms with Gasteiger partial charge in [0.05, 0.1) is 6.61 Å². The molecule has 0 radical (unpaired) electrons. The van der Waals surface area contributed by atoms with Crippen LogP contribution in [0, 0.1) is 0 Å². The van der Waals surface area contributed by atoms with Crippen molar-refractivity contribution in [1.82, 2.24) is 9.03 Å². The van der Waals surface area contributed by atoms with E-state index in [2.05, 4.69) is 5.16 Å². The molecule has 0 amide bonds. The van der Waals surface area contributed by atoms with E-state index in [9.17, 15) is 21.6 Å². The van der Waals surface area contributed by atoms with Crippen molar-refractivity contribution in [3.8, 4) is 0 Å². The summed E-state index contributed by atoms with van der Waals surface area (Å²) in [6, 6.07) is 0. The zero-order chi connectivity index (χ0) is 14.7. The highest BCUT2D eigenvalue weighted by molar-refractivity contribution is 7.87. The highest BCUT2D eigenvalue weighted by atomic mass is 32.2. The van der Waals surface area contributed by atoms with Gasteiger partial charge in [0.15, 0.2) is 5.84 Å². The second-order valence-electron chi connectivity index (χ2n) is 3.68. The molecular weight excluding hydrogens is 293 g/mol. The van der Waals surface area contributed by atoms with Crippen molar-refractivity contribution >= 4 is 16.0 Å². The number of oxime groups is 1. The quantitative estimate of drug-likeness (QED) is 0.262. The SMILES string of the molecule is NC(=NO)C1CN(S(=O)(=O)NCC(F)(F)F)CCO1. The van der Waals surface area contributed by atoms with Gasteiger partial charge in [0.1, 0.15) is 12.6 Å². The van der Waals surface area contributed by atoms with Crippen molar-refractivity contribution in [3.63, 3.8) is 0 Å². The summed E-state index contributed by atoms with van der Waals surface area (Å²) in [5, 5.41) is 11.1. The lowest BCUT2D eigenvalue weighted by atomic mass is 10.3. The molecule has 1 unspecified atom stereocenters. The van der Waals surface area contributed by atoms with Crippen LogP contribution in [0.1, 0.15) is 0 Å². The average Bonchev–Trinajstić information content (AvgIpc) is 2.35. The van der Waals surface area contributed by atoms with E-state index in [1.54, 1.807) is 0 Å². The Hall–Kier alpha value is -1.11. The number of halogens is 3. The molecule has 0 saturated carbocycles. The minimum absolute atomic E-state index is 0.0756. The lowest BCUT2D eigenvalue weighted by Crippen LogP contribution is -2.54. The standard InChI is InChI=1S/C7H13F3N4O4S/c8-7(9,10)4-12-19(16,17)14-1-2-18-5(3-14)6(11)13-15/h5,12,15H,1-4H2,(H2,11,13). The summed E-state index contributed by atoms with van der Waals surface area (Å²) in [5.41, 5.74) is 5.25. The van der Waals surface area contributed by atoms with Crippen LogP contribution in [-0.2, 0) is 14.9 Å². The summed E-state index contributed by atoms with van der Waals surface area (Å²) < 4.78 is 66.3. The van der Waals surface area contributed by atoms with E-state index in [-0.39, 0.29) is 25.5 Å². The summed E-state index contributed by atoms with van der Waals surface area (Å²) in [7, 11) is -4.30. The highest BCUT2D eigenvalue weighted by Crippen LogP contribution is 2.14. The molecule has 112 valence electrons. The Bertz CT molecular complexity index is 438. The van der Waals surface area contributed by atoms with Crippen LogP contribution in [0.15, 0.2) is 5.16 Å². The number of amidine groups is 1. The van der Waals surface area contributed by atoms with Gasteiger partial charge in [-0.05, 0) is 0 Å². The molecule has 19 heavy (non-hydrogen) atoms. The van der Waals surface area contributed by atoms with E-state index in [4.69, 9.17) is 15.7 Å². The third kappa shape index (κ3) is 4.81. The largest absolute Gasteiger partial charge is 0.409 e. The Kier molecular flexibility index (Phi) is 4.95. The van der Waals surface area contributed by atoms with Crippen LogP contribution >= 0.6 is 0 Å². The fourth-order valence-corrected chi connectivity index (χ4v) is 2.53. The molecule has 0 aromatic carbocycles. The number of nitrogens with one attached hydrogen (secondary N) is 1. The molecule has 1 saturated heterocycles.